The Morgan fingerprint density at radius 2 is 1.74 bits per heavy atom. The van der Waals surface area contributed by atoms with Gasteiger partial charge in [-0.1, -0.05) is 6.07 Å². The first-order chi connectivity index (χ1) is 14.5. The highest BCUT2D eigenvalue weighted by molar-refractivity contribution is 7.92. The van der Waals surface area contributed by atoms with Crippen LogP contribution in [0.1, 0.15) is 16.9 Å². The van der Waals surface area contributed by atoms with Crippen LogP contribution in [0, 0.1) is 24.0 Å². The van der Waals surface area contributed by atoms with Gasteiger partial charge in [-0.25, -0.2) is 21.6 Å². The van der Waals surface area contributed by atoms with Gasteiger partial charge in [-0.15, -0.1) is 0 Å². The number of aryl methyl sites for hydroxylation is 1. The van der Waals surface area contributed by atoms with Crippen molar-refractivity contribution in [1.29, 1.82) is 0 Å². The summed E-state index contributed by atoms with van der Waals surface area (Å²) in [4.78, 5) is 10.0. The van der Waals surface area contributed by atoms with Crippen LogP contribution in [0.2, 0.25) is 0 Å². The van der Waals surface area contributed by atoms with E-state index in [0.29, 0.717) is 16.9 Å². The van der Waals surface area contributed by atoms with Crippen LogP contribution >= 0.6 is 0 Å². The molecule has 3 aromatic rings. The molecule has 12 heteroatoms. The van der Waals surface area contributed by atoms with Gasteiger partial charge in [0.15, 0.2) is 0 Å². The number of sulfonamides is 2. The van der Waals surface area contributed by atoms with Gasteiger partial charge in [0.05, 0.1) is 33.2 Å². The molecule has 0 bridgehead atoms. The number of nitro benzene ring substituents is 1. The van der Waals surface area contributed by atoms with Crippen LogP contribution in [-0.4, -0.2) is 21.8 Å². The van der Waals surface area contributed by atoms with Gasteiger partial charge < -0.3 is 4.42 Å². The van der Waals surface area contributed by atoms with Crippen LogP contribution in [0.5, 0.6) is 0 Å². The molecule has 164 valence electrons. The minimum Gasteiger partial charge on any atom is -0.468 e. The second-order valence-corrected chi connectivity index (χ2v) is 10.1. The lowest BCUT2D eigenvalue weighted by molar-refractivity contribution is -0.385. The van der Waals surface area contributed by atoms with Crippen LogP contribution in [0.4, 0.5) is 11.4 Å². The Hall–Kier alpha value is -3.22. The first-order valence-corrected chi connectivity index (χ1v) is 11.9. The number of benzene rings is 2. The van der Waals surface area contributed by atoms with Crippen molar-refractivity contribution in [2.45, 2.75) is 30.2 Å². The lowest BCUT2D eigenvalue weighted by atomic mass is 10.1. The van der Waals surface area contributed by atoms with E-state index in [-0.39, 0.29) is 27.7 Å². The first kappa shape index (κ1) is 22.5. The maximum Gasteiger partial charge on any atom is 0.271 e. The molecule has 2 aromatic carbocycles. The summed E-state index contributed by atoms with van der Waals surface area (Å²) in [6.45, 7) is 3.03. The van der Waals surface area contributed by atoms with E-state index < -0.39 is 25.0 Å². The molecule has 3 rings (SSSR count). The lowest BCUT2D eigenvalue weighted by Gasteiger charge is -2.13. The minimum atomic E-state index is -4.22. The number of anilines is 1. The zero-order valence-corrected chi connectivity index (χ0v) is 18.2. The van der Waals surface area contributed by atoms with E-state index in [1.54, 1.807) is 19.1 Å². The molecule has 31 heavy (non-hydrogen) atoms. The predicted octanol–water partition coefficient (Wildman–Crippen LogP) is 3.08. The van der Waals surface area contributed by atoms with Crippen LogP contribution in [0.25, 0.3) is 0 Å². The second-order valence-electron chi connectivity index (χ2n) is 6.68. The summed E-state index contributed by atoms with van der Waals surface area (Å²) < 4.78 is 60.6. The molecule has 1 aromatic heterocycles. The summed E-state index contributed by atoms with van der Waals surface area (Å²) >= 11 is 0. The molecule has 1 heterocycles. The summed E-state index contributed by atoms with van der Waals surface area (Å²) in [5.41, 5.74) is 0.418. The van der Waals surface area contributed by atoms with Gasteiger partial charge in [0, 0.05) is 12.1 Å². The molecule has 0 aliphatic carbocycles. The molecule has 0 aliphatic heterocycles. The Balaban J connectivity index is 1.89. The van der Waals surface area contributed by atoms with Gasteiger partial charge >= 0.3 is 0 Å². The zero-order valence-electron chi connectivity index (χ0n) is 16.5. The summed E-state index contributed by atoms with van der Waals surface area (Å²) in [6, 6.07) is 10.7. The fourth-order valence-corrected chi connectivity index (χ4v) is 5.22. The molecule has 0 fully saturated rings. The average Bonchev–Trinajstić information content (AvgIpc) is 3.22. The number of hydrogen-bond acceptors (Lipinski definition) is 7. The van der Waals surface area contributed by atoms with Gasteiger partial charge in [0.1, 0.15) is 5.76 Å². The molecule has 0 saturated carbocycles. The molecule has 0 radical (unpaired) electrons. The van der Waals surface area contributed by atoms with E-state index in [9.17, 15) is 26.9 Å². The first-order valence-electron chi connectivity index (χ1n) is 8.90. The van der Waals surface area contributed by atoms with E-state index in [4.69, 9.17) is 4.42 Å². The molecule has 0 saturated heterocycles. The van der Waals surface area contributed by atoms with Gasteiger partial charge in [-0.2, -0.15) is 0 Å². The molecule has 0 unspecified atom stereocenters. The summed E-state index contributed by atoms with van der Waals surface area (Å²) in [7, 11) is -8.16. The van der Waals surface area contributed by atoms with E-state index in [1.165, 1.54) is 37.5 Å². The van der Waals surface area contributed by atoms with E-state index in [0.717, 1.165) is 12.1 Å². The molecule has 0 atom stereocenters. The monoisotopic (exact) mass is 465 g/mol. The van der Waals surface area contributed by atoms with E-state index >= 15 is 0 Å². The number of nitrogens with zero attached hydrogens (tertiary/aromatic N) is 1. The van der Waals surface area contributed by atoms with Crippen molar-refractivity contribution in [3.05, 3.63) is 81.8 Å². The third kappa shape index (κ3) is 5.10. The highest BCUT2D eigenvalue weighted by Gasteiger charge is 2.23. The molecule has 0 spiro atoms. The van der Waals surface area contributed by atoms with Crippen molar-refractivity contribution >= 4 is 31.4 Å². The van der Waals surface area contributed by atoms with E-state index in [2.05, 4.69) is 9.44 Å². The van der Waals surface area contributed by atoms with Crippen molar-refractivity contribution in [3.63, 3.8) is 0 Å². The average molecular weight is 466 g/mol. The lowest BCUT2D eigenvalue weighted by Crippen LogP contribution is -2.23. The Morgan fingerprint density at radius 3 is 2.39 bits per heavy atom. The molecule has 2 N–H and O–H groups in total. The molecule has 0 aliphatic rings. The van der Waals surface area contributed by atoms with Crippen molar-refractivity contribution in [2.75, 3.05) is 4.72 Å². The number of hydrogen-bond donors (Lipinski definition) is 2. The van der Waals surface area contributed by atoms with Gasteiger partial charge in [-0.05, 0) is 55.3 Å². The van der Waals surface area contributed by atoms with Crippen LogP contribution in [-0.2, 0) is 26.6 Å². The van der Waals surface area contributed by atoms with Crippen molar-refractivity contribution in [2.24, 2.45) is 0 Å². The standard InChI is InChI=1S/C19H19N3O7S2/c1-13-9-16(22(23)24)11-19(14(13)2)31(27,28)21-15-5-3-7-18(10-15)30(25,26)20-12-17-6-4-8-29-17/h3-11,20-21H,12H2,1-2H3. The predicted molar refractivity (Wildman–Crippen MR) is 113 cm³/mol. The largest absolute Gasteiger partial charge is 0.468 e. The van der Waals surface area contributed by atoms with Crippen molar-refractivity contribution < 1.29 is 26.2 Å². The number of nitro groups is 1. The highest BCUT2D eigenvalue weighted by atomic mass is 32.2. The topological polar surface area (TPSA) is 149 Å². The number of furan rings is 1. The second kappa shape index (κ2) is 8.49. The quantitative estimate of drug-likeness (QED) is 0.383. The summed E-state index contributed by atoms with van der Waals surface area (Å²) in [5, 5.41) is 11.1. The fourth-order valence-electron chi connectivity index (χ4n) is 2.79. The number of nitrogens with one attached hydrogen (secondary N) is 2. The van der Waals surface area contributed by atoms with E-state index in [1.807, 2.05) is 0 Å². The van der Waals surface area contributed by atoms with Crippen LogP contribution in [0.3, 0.4) is 0 Å². The summed E-state index contributed by atoms with van der Waals surface area (Å²) in [6.07, 6.45) is 1.41. The van der Waals surface area contributed by atoms with Crippen molar-refractivity contribution in [3.8, 4) is 0 Å². The highest BCUT2D eigenvalue weighted by Crippen LogP contribution is 2.27. The Kier molecular flexibility index (Phi) is 6.15. The smallest absolute Gasteiger partial charge is 0.271 e. The zero-order chi connectivity index (χ0) is 22.8. The normalized spacial score (nSPS) is 11.9. The van der Waals surface area contributed by atoms with Crippen LogP contribution in [0.15, 0.2) is 69.0 Å². The molecular weight excluding hydrogens is 446 g/mol. The third-order valence-electron chi connectivity index (χ3n) is 4.52. The molecular formula is C19H19N3O7S2. The van der Waals surface area contributed by atoms with Crippen molar-refractivity contribution in [1.82, 2.24) is 4.72 Å². The van der Waals surface area contributed by atoms with Gasteiger partial charge in [-0.3, -0.25) is 14.8 Å². The Labute approximate surface area is 179 Å². The summed E-state index contributed by atoms with van der Waals surface area (Å²) in [5.74, 6) is 0.414. The van der Waals surface area contributed by atoms with Gasteiger partial charge in [0.25, 0.3) is 15.7 Å². The Morgan fingerprint density at radius 1 is 1.00 bits per heavy atom. The SMILES string of the molecule is Cc1cc([N+](=O)[O-])cc(S(=O)(=O)Nc2cccc(S(=O)(=O)NCc3ccco3)c2)c1C. The Bertz CT molecular complexity index is 1330. The van der Waals surface area contributed by atoms with Crippen LogP contribution < -0.4 is 9.44 Å². The minimum absolute atomic E-state index is 0.00978. The number of rotatable bonds is 8. The van der Waals surface area contributed by atoms with Gasteiger partial charge in [0.2, 0.25) is 10.0 Å². The maximum atomic E-state index is 12.9. The third-order valence-corrected chi connectivity index (χ3v) is 7.42. The fraction of sp³-hybridized carbons (Fsp3) is 0.158. The molecule has 0 amide bonds. The maximum absolute atomic E-state index is 12.9. The number of non-ortho nitro benzene ring substituents is 1. The molecule has 10 nitrogen and oxygen atoms in total.